The van der Waals surface area contributed by atoms with Crippen LogP contribution in [0.25, 0.3) is 0 Å². The average Bonchev–Trinajstić information content (AvgIpc) is 2.47. The molecule has 2 aromatic rings. The molecule has 6 heteroatoms. The molecule has 0 heterocycles. The van der Waals surface area contributed by atoms with Crippen LogP contribution < -0.4 is 4.72 Å². The average molecular weight is 338 g/mol. The largest absolute Gasteiger partial charge is 0.295 e. The third-order valence-electron chi connectivity index (χ3n) is 3.25. The topological polar surface area (TPSA) is 63.2 Å². The normalized spacial score (nSPS) is 12.9. The lowest BCUT2D eigenvalue weighted by atomic mass is 10.1. The molecule has 22 heavy (non-hydrogen) atoms. The first-order chi connectivity index (χ1) is 10.3. The Morgan fingerprint density at radius 3 is 2.32 bits per heavy atom. The highest BCUT2D eigenvalue weighted by Crippen LogP contribution is 2.20. The number of sulfonamides is 1. The Kier molecular flexibility index (Phi) is 5.01. The number of carbonyl (C=O) groups is 1. The molecule has 1 atom stereocenters. The molecule has 0 radical (unpaired) electrons. The standard InChI is InChI=1S/C16H16ClNO3S/c1-11(14-4-3-5-15(17)10-14)18-22(20,21)16-8-6-13(7-9-16)12(2)19/h3-11,18H,1-2H3. The van der Waals surface area contributed by atoms with Gasteiger partial charge in [0.1, 0.15) is 0 Å². The molecular formula is C16H16ClNO3S. The van der Waals surface area contributed by atoms with E-state index in [9.17, 15) is 13.2 Å². The smallest absolute Gasteiger partial charge is 0.241 e. The zero-order valence-electron chi connectivity index (χ0n) is 12.2. The molecule has 2 aromatic carbocycles. The Morgan fingerprint density at radius 2 is 1.77 bits per heavy atom. The number of nitrogens with one attached hydrogen (secondary N) is 1. The summed E-state index contributed by atoms with van der Waals surface area (Å²) in [5.74, 6) is -0.107. The van der Waals surface area contributed by atoms with Gasteiger partial charge in [0.05, 0.1) is 4.90 Å². The minimum absolute atomic E-state index is 0.107. The van der Waals surface area contributed by atoms with Gasteiger partial charge in [-0.15, -0.1) is 0 Å². The zero-order valence-corrected chi connectivity index (χ0v) is 13.8. The third-order valence-corrected chi connectivity index (χ3v) is 5.04. The van der Waals surface area contributed by atoms with Crippen LogP contribution in [-0.2, 0) is 10.0 Å². The summed E-state index contributed by atoms with van der Waals surface area (Å²) in [4.78, 5) is 11.3. The van der Waals surface area contributed by atoms with Crippen molar-refractivity contribution in [1.29, 1.82) is 0 Å². The highest BCUT2D eigenvalue weighted by atomic mass is 35.5. The summed E-state index contributed by atoms with van der Waals surface area (Å²) in [6, 6.07) is 12.4. The van der Waals surface area contributed by atoms with Crippen molar-refractivity contribution in [1.82, 2.24) is 4.72 Å². The SMILES string of the molecule is CC(=O)c1ccc(S(=O)(=O)NC(C)c2cccc(Cl)c2)cc1. The van der Waals surface area contributed by atoms with Crippen molar-refractivity contribution in [2.24, 2.45) is 0 Å². The number of benzene rings is 2. The Labute approximate surface area is 135 Å². The van der Waals surface area contributed by atoms with Gasteiger partial charge in [-0.1, -0.05) is 35.9 Å². The van der Waals surface area contributed by atoms with Crippen molar-refractivity contribution >= 4 is 27.4 Å². The van der Waals surface area contributed by atoms with Crippen LogP contribution in [-0.4, -0.2) is 14.2 Å². The van der Waals surface area contributed by atoms with Crippen molar-refractivity contribution in [3.05, 3.63) is 64.7 Å². The summed E-state index contributed by atoms with van der Waals surface area (Å²) in [7, 11) is -3.67. The molecular weight excluding hydrogens is 322 g/mol. The zero-order chi connectivity index (χ0) is 16.3. The van der Waals surface area contributed by atoms with E-state index in [0.29, 0.717) is 10.6 Å². The fraction of sp³-hybridized carbons (Fsp3) is 0.188. The molecule has 0 aliphatic carbocycles. The van der Waals surface area contributed by atoms with Crippen LogP contribution in [0.5, 0.6) is 0 Å². The molecule has 2 rings (SSSR count). The summed E-state index contributed by atoms with van der Waals surface area (Å²) in [5.41, 5.74) is 1.25. The van der Waals surface area contributed by atoms with Crippen LogP contribution in [0.3, 0.4) is 0 Å². The van der Waals surface area contributed by atoms with E-state index in [0.717, 1.165) is 5.56 Å². The molecule has 1 N–H and O–H groups in total. The Bertz CT molecular complexity index is 785. The van der Waals surface area contributed by atoms with Gasteiger partial charge in [0.2, 0.25) is 10.0 Å². The first kappa shape index (κ1) is 16.7. The molecule has 0 aliphatic heterocycles. The number of hydrogen-bond donors (Lipinski definition) is 1. The van der Waals surface area contributed by atoms with E-state index in [4.69, 9.17) is 11.6 Å². The van der Waals surface area contributed by atoms with Gasteiger partial charge in [-0.3, -0.25) is 4.79 Å². The van der Waals surface area contributed by atoms with E-state index < -0.39 is 16.1 Å². The Morgan fingerprint density at radius 1 is 1.14 bits per heavy atom. The lowest BCUT2D eigenvalue weighted by molar-refractivity contribution is 0.101. The van der Waals surface area contributed by atoms with Gasteiger partial charge in [-0.25, -0.2) is 13.1 Å². The van der Waals surface area contributed by atoms with Gasteiger partial charge in [0, 0.05) is 16.6 Å². The van der Waals surface area contributed by atoms with Gasteiger partial charge in [-0.2, -0.15) is 0 Å². The summed E-state index contributed by atoms with van der Waals surface area (Å²) in [6.07, 6.45) is 0. The van der Waals surface area contributed by atoms with E-state index in [1.807, 2.05) is 0 Å². The van der Waals surface area contributed by atoms with Gasteiger partial charge in [0.15, 0.2) is 5.78 Å². The van der Waals surface area contributed by atoms with Crippen LogP contribution in [0.2, 0.25) is 5.02 Å². The Balaban J connectivity index is 2.21. The predicted octanol–water partition coefficient (Wildman–Crippen LogP) is 3.58. The molecule has 0 fully saturated rings. The van der Waals surface area contributed by atoms with E-state index >= 15 is 0 Å². The number of halogens is 1. The molecule has 0 saturated carbocycles. The predicted molar refractivity (Wildman–Crippen MR) is 86.6 cm³/mol. The quantitative estimate of drug-likeness (QED) is 0.848. The monoisotopic (exact) mass is 337 g/mol. The molecule has 0 saturated heterocycles. The van der Waals surface area contributed by atoms with Crippen LogP contribution in [0, 0.1) is 0 Å². The number of ketones is 1. The maximum Gasteiger partial charge on any atom is 0.241 e. The lowest BCUT2D eigenvalue weighted by Gasteiger charge is -2.15. The van der Waals surface area contributed by atoms with Gasteiger partial charge < -0.3 is 0 Å². The molecule has 116 valence electrons. The fourth-order valence-corrected chi connectivity index (χ4v) is 3.44. The fourth-order valence-electron chi connectivity index (χ4n) is 2.01. The van der Waals surface area contributed by atoms with Gasteiger partial charge in [-0.05, 0) is 43.7 Å². The minimum atomic E-state index is -3.67. The number of rotatable bonds is 5. The van der Waals surface area contributed by atoms with Crippen LogP contribution in [0.1, 0.15) is 35.8 Å². The van der Waals surface area contributed by atoms with E-state index in [-0.39, 0.29) is 10.7 Å². The number of Topliss-reactive ketones (excluding diaryl/α,β-unsaturated/α-hetero) is 1. The van der Waals surface area contributed by atoms with Crippen molar-refractivity contribution in [2.75, 3.05) is 0 Å². The van der Waals surface area contributed by atoms with Gasteiger partial charge in [0.25, 0.3) is 0 Å². The van der Waals surface area contributed by atoms with Crippen LogP contribution in [0.4, 0.5) is 0 Å². The maximum atomic E-state index is 12.4. The van der Waals surface area contributed by atoms with Crippen LogP contribution >= 0.6 is 11.6 Å². The van der Waals surface area contributed by atoms with Crippen molar-refractivity contribution in [3.63, 3.8) is 0 Å². The van der Waals surface area contributed by atoms with Crippen LogP contribution in [0.15, 0.2) is 53.4 Å². The first-order valence-corrected chi connectivity index (χ1v) is 8.54. The second kappa shape index (κ2) is 6.60. The number of hydrogen-bond acceptors (Lipinski definition) is 3. The Hall–Kier alpha value is -1.69. The lowest BCUT2D eigenvalue weighted by Crippen LogP contribution is -2.26. The second-order valence-electron chi connectivity index (χ2n) is 4.98. The minimum Gasteiger partial charge on any atom is -0.295 e. The van der Waals surface area contributed by atoms with Crippen molar-refractivity contribution in [2.45, 2.75) is 24.8 Å². The summed E-state index contributed by atoms with van der Waals surface area (Å²) in [6.45, 7) is 3.18. The summed E-state index contributed by atoms with van der Waals surface area (Å²) < 4.78 is 27.3. The molecule has 0 spiro atoms. The molecule has 0 amide bonds. The van der Waals surface area contributed by atoms with Crippen molar-refractivity contribution in [3.8, 4) is 0 Å². The van der Waals surface area contributed by atoms with E-state index in [1.165, 1.54) is 31.2 Å². The van der Waals surface area contributed by atoms with E-state index in [2.05, 4.69) is 4.72 Å². The highest BCUT2D eigenvalue weighted by Gasteiger charge is 2.18. The summed E-state index contributed by atoms with van der Waals surface area (Å²) in [5, 5.41) is 0.550. The highest BCUT2D eigenvalue weighted by molar-refractivity contribution is 7.89. The summed E-state index contributed by atoms with van der Waals surface area (Å²) >= 11 is 5.92. The van der Waals surface area contributed by atoms with Gasteiger partial charge >= 0.3 is 0 Å². The third kappa shape index (κ3) is 3.94. The number of carbonyl (C=O) groups excluding carboxylic acids is 1. The van der Waals surface area contributed by atoms with E-state index in [1.54, 1.807) is 31.2 Å². The first-order valence-electron chi connectivity index (χ1n) is 6.68. The second-order valence-corrected chi connectivity index (χ2v) is 7.13. The van der Waals surface area contributed by atoms with Crippen molar-refractivity contribution < 1.29 is 13.2 Å². The molecule has 4 nitrogen and oxygen atoms in total. The molecule has 0 aromatic heterocycles. The molecule has 0 aliphatic rings. The molecule has 0 bridgehead atoms. The maximum absolute atomic E-state index is 12.4. The molecule has 1 unspecified atom stereocenters.